The Labute approximate surface area is 103 Å². The molecule has 1 aromatic heterocycles. The largest absolute Gasteiger partial charge is 0.357 e. The van der Waals surface area contributed by atoms with Crippen LogP contribution in [0.4, 0.5) is 10.2 Å². The molecule has 0 saturated heterocycles. The highest BCUT2D eigenvalue weighted by Gasteiger charge is 2.11. The normalized spacial score (nSPS) is 10.9. The van der Waals surface area contributed by atoms with Crippen molar-refractivity contribution in [3.8, 4) is 0 Å². The Morgan fingerprint density at radius 1 is 1.35 bits per heavy atom. The maximum Gasteiger partial charge on any atom is 0.141 e. The van der Waals surface area contributed by atoms with Crippen LogP contribution in [0.2, 0.25) is 0 Å². The SMILES string of the molecule is CCN(CC)c1ncc(F)cc1CNC(C)C. The maximum absolute atomic E-state index is 13.2. The first-order valence-corrected chi connectivity index (χ1v) is 6.21. The van der Waals surface area contributed by atoms with Crippen molar-refractivity contribution >= 4 is 5.82 Å². The molecule has 0 spiro atoms. The van der Waals surface area contributed by atoms with Gasteiger partial charge in [-0.25, -0.2) is 9.37 Å². The van der Waals surface area contributed by atoms with Gasteiger partial charge >= 0.3 is 0 Å². The summed E-state index contributed by atoms with van der Waals surface area (Å²) in [5.41, 5.74) is 0.919. The summed E-state index contributed by atoms with van der Waals surface area (Å²) >= 11 is 0. The molecule has 96 valence electrons. The van der Waals surface area contributed by atoms with E-state index < -0.39 is 0 Å². The lowest BCUT2D eigenvalue weighted by atomic mass is 10.2. The van der Waals surface area contributed by atoms with Crippen LogP contribution in [0.3, 0.4) is 0 Å². The number of hydrogen-bond donors (Lipinski definition) is 1. The molecule has 3 nitrogen and oxygen atoms in total. The Kier molecular flexibility index (Phi) is 5.35. The quantitative estimate of drug-likeness (QED) is 0.827. The van der Waals surface area contributed by atoms with E-state index in [1.165, 1.54) is 6.20 Å². The van der Waals surface area contributed by atoms with Gasteiger partial charge in [-0.15, -0.1) is 0 Å². The number of pyridine rings is 1. The van der Waals surface area contributed by atoms with Gasteiger partial charge in [-0.3, -0.25) is 0 Å². The predicted octanol–water partition coefficient (Wildman–Crippen LogP) is 2.56. The highest BCUT2D eigenvalue weighted by molar-refractivity contribution is 5.46. The smallest absolute Gasteiger partial charge is 0.141 e. The van der Waals surface area contributed by atoms with Crippen molar-refractivity contribution in [2.75, 3.05) is 18.0 Å². The Morgan fingerprint density at radius 2 is 2.00 bits per heavy atom. The van der Waals surface area contributed by atoms with E-state index >= 15 is 0 Å². The molecular weight excluding hydrogens is 217 g/mol. The van der Waals surface area contributed by atoms with Gasteiger partial charge in [0.05, 0.1) is 6.20 Å². The molecular formula is C13H22FN3. The van der Waals surface area contributed by atoms with Gasteiger partial charge in [0, 0.05) is 31.2 Å². The fraction of sp³-hybridized carbons (Fsp3) is 0.615. The zero-order valence-corrected chi connectivity index (χ0v) is 11.1. The Morgan fingerprint density at radius 3 is 2.53 bits per heavy atom. The minimum Gasteiger partial charge on any atom is -0.357 e. The van der Waals surface area contributed by atoms with E-state index in [9.17, 15) is 4.39 Å². The Hall–Kier alpha value is -1.16. The van der Waals surface area contributed by atoms with E-state index in [4.69, 9.17) is 0 Å². The van der Waals surface area contributed by atoms with Crippen LogP contribution in [0.1, 0.15) is 33.3 Å². The first-order chi connectivity index (χ1) is 8.08. The molecule has 0 radical (unpaired) electrons. The summed E-state index contributed by atoms with van der Waals surface area (Å²) in [5, 5.41) is 3.30. The van der Waals surface area contributed by atoms with Gasteiger partial charge in [-0.05, 0) is 19.9 Å². The average molecular weight is 239 g/mol. The number of anilines is 1. The molecule has 0 saturated carbocycles. The molecule has 1 aromatic rings. The topological polar surface area (TPSA) is 28.2 Å². The van der Waals surface area contributed by atoms with Crippen LogP contribution in [-0.2, 0) is 6.54 Å². The second-order valence-corrected chi connectivity index (χ2v) is 4.34. The summed E-state index contributed by atoms with van der Waals surface area (Å²) in [4.78, 5) is 6.34. The van der Waals surface area contributed by atoms with Crippen molar-refractivity contribution in [3.63, 3.8) is 0 Å². The minimum absolute atomic E-state index is 0.276. The molecule has 1 N–H and O–H groups in total. The van der Waals surface area contributed by atoms with Crippen molar-refractivity contribution < 1.29 is 4.39 Å². The lowest BCUT2D eigenvalue weighted by molar-refractivity contribution is 0.576. The molecule has 0 amide bonds. The van der Waals surface area contributed by atoms with Gasteiger partial charge < -0.3 is 10.2 Å². The summed E-state index contributed by atoms with van der Waals surface area (Å²) in [7, 11) is 0. The zero-order chi connectivity index (χ0) is 12.8. The van der Waals surface area contributed by atoms with Crippen LogP contribution < -0.4 is 10.2 Å². The molecule has 4 heteroatoms. The molecule has 1 rings (SSSR count). The summed E-state index contributed by atoms with van der Waals surface area (Å²) in [6, 6.07) is 1.94. The van der Waals surface area contributed by atoms with Crippen molar-refractivity contribution in [2.24, 2.45) is 0 Å². The van der Waals surface area contributed by atoms with E-state index in [0.29, 0.717) is 12.6 Å². The zero-order valence-electron chi connectivity index (χ0n) is 11.1. The minimum atomic E-state index is -0.276. The summed E-state index contributed by atoms with van der Waals surface area (Å²) in [6.45, 7) is 10.7. The molecule has 0 bridgehead atoms. The van der Waals surface area contributed by atoms with Gasteiger partial charge in [0.25, 0.3) is 0 Å². The van der Waals surface area contributed by atoms with Gasteiger partial charge in [0.15, 0.2) is 0 Å². The number of halogens is 1. The van der Waals surface area contributed by atoms with E-state index in [0.717, 1.165) is 24.5 Å². The molecule has 17 heavy (non-hydrogen) atoms. The molecule has 0 atom stereocenters. The summed E-state index contributed by atoms with van der Waals surface area (Å²) in [6.07, 6.45) is 1.28. The van der Waals surface area contributed by atoms with Crippen molar-refractivity contribution in [1.82, 2.24) is 10.3 Å². The third-order valence-electron chi connectivity index (χ3n) is 2.67. The van der Waals surface area contributed by atoms with E-state index in [2.05, 4.69) is 42.9 Å². The van der Waals surface area contributed by atoms with Gasteiger partial charge in [0.1, 0.15) is 11.6 Å². The second-order valence-electron chi connectivity index (χ2n) is 4.34. The Balaban J connectivity index is 2.94. The van der Waals surface area contributed by atoms with Crippen LogP contribution in [0.5, 0.6) is 0 Å². The number of aromatic nitrogens is 1. The maximum atomic E-state index is 13.2. The first kappa shape index (κ1) is 13.9. The molecule has 0 aliphatic carbocycles. The highest BCUT2D eigenvalue weighted by atomic mass is 19.1. The lowest BCUT2D eigenvalue weighted by Crippen LogP contribution is -2.27. The molecule has 0 fully saturated rings. The molecule has 0 aromatic carbocycles. The molecule has 0 aliphatic heterocycles. The predicted molar refractivity (Wildman–Crippen MR) is 69.7 cm³/mol. The van der Waals surface area contributed by atoms with E-state index in [1.54, 1.807) is 6.07 Å². The first-order valence-electron chi connectivity index (χ1n) is 6.21. The Bertz CT molecular complexity index is 349. The van der Waals surface area contributed by atoms with Gasteiger partial charge in [-0.1, -0.05) is 13.8 Å². The van der Waals surface area contributed by atoms with Crippen LogP contribution in [0.15, 0.2) is 12.3 Å². The number of hydrogen-bond acceptors (Lipinski definition) is 3. The lowest BCUT2D eigenvalue weighted by Gasteiger charge is -2.23. The summed E-state index contributed by atoms with van der Waals surface area (Å²) in [5.74, 6) is 0.603. The van der Waals surface area contributed by atoms with Gasteiger partial charge in [-0.2, -0.15) is 0 Å². The number of rotatable bonds is 6. The van der Waals surface area contributed by atoms with Crippen LogP contribution in [0, 0.1) is 5.82 Å². The fourth-order valence-corrected chi connectivity index (χ4v) is 1.73. The van der Waals surface area contributed by atoms with Crippen LogP contribution in [0.25, 0.3) is 0 Å². The van der Waals surface area contributed by atoms with Crippen LogP contribution in [-0.4, -0.2) is 24.1 Å². The monoisotopic (exact) mass is 239 g/mol. The average Bonchev–Trinajstić information content (AvgIpc) is 2.30. The number of nitrogens with zero attached hydrogens (tertiary/aromatic N) is 2. The van der Waals surface area contributed by atoms with Crippen molar-refractivity contribution in [1.29, 1.82) is 0 Å². The number of nitrogens with one attached hydrogen (secondary N) is 1. The molecule has 0 aliphatic rings. The van der Waals surface area contributed by atoms with E-state index in [1.807, 2.05) is 0 Å². The fourth-order valence-electron chi connectivity index (χ4n) is 1.73. The third kappa shape index (κ3) is 3.97. The highest BCUT2D eigenvalue weighted by Crippen LogP contribution is 2.18. The van der Waals surface area contributed by atoms with Crippen molar-refractivity contribution in [2.45, 2.75) is 40.3 Å². The van der Waals surface area contributed by atoms with Crippen molar-refractivity contribution in [3.05, 3.63) is 23.6 Å². The second kappa shape index (κ2) is 6.55. The van der Waals surface area contributed by atoms with E-state index in [-0.39, 0.29) is 5.82 Å². The molecule has 1 heterocycles. The van der Waals surface area contributed by atoms with Crippen LogP contribution >= 0.6 is 0 Å². The molecule has 0 unspecified atom stereocenters. The summed E-state index contributed by atoms with van der Waals surface area (Å²) < 4.78 is 13.2. The van der Waals surface area contributed by atoms with Gasteiger partial charge in [0.2, 0.25) is 0 Å². The standard InChI is InChI=1S/C13H22FN3/c1-5-17(6-2)13-11(8-15-10(3)4)7-12(14)9-16-13/h7,9-10,15H,5-6,8H2,1-4H3. The third-order valence-corrected chi connectivity index (χ3v) is 2.67.